The van der Waals surface area contributed by atoms with Crippen LogP contribution in [0.25, 0.3) is 0 Å². The molecular formula is C17H26N2OS. The van der Waals surface area contributed by atoms with Gasteiger partial charge in [-0.15, -0.1) is 0 Å². The van der Waals surface area contributed by atoms with Crippen molar-refractivity contribution < 1.29 is 4.74 Å². The van der Waals surface area contributed by atoms with Crippen molar-refractivity contribution in [1.82, 2.24) is 0 Å². The lowest BCUT2D eigenvalue weighted by atomic mass is 9.84. The van der Waals surface area contributed by atoms with Crippen LogP contribution in [0.4, 0.5) is 5.69 Å². The van der Waals surface area contributed by atoms with Crippen LogP contribution in [0.3, 0.4) is 0 Å². The second-order valence-electron chi connectivity index (χ2n) is 6.23. The number of thioether (sulfide) groups is 1. The third kappa shape index (κ3) is 3.22. The van der Waals surface area contributed by atoms with E-state index in [-0.39, 0.29) is 5.60 Å². The second-order valence-corrected chi connectivity index (χ2v) is 7.46. The molecule has 1 aromatic rings. The van der Waals surface area contributed by atoms with Crippen molar-refractivity contribution in [2.75, 3.05) is 30.1 Å². The van der Waals surface area contributed by atoms with Gasteiger partial charge in [0.25, 0.3) is 0 Å². The van der Waals surface area contributed by atoms with Crippen LogP contribution in [0.5, 0.6) is 0 Å². The van der Waals surface area contributed by atoms with Gasteiger partial charge >= 0.3 is 0 Å². The Balaban J connectivity index is 1.76. The van der Waals surface area contributed by atoms with E-state index in [9.17, 15) is 0 Å². The Labute approximate surface area is 132 Å². The fourth-order valence-corrected chi connectivity index (χ4v) is 4.89. The maximum atomic E-state index is 6.21. The number of rotatable bonds is 3. The Hall–Kier alpha value is -0.710. The average molecular weight is 306 g/mol. The van der Waals surface area contributed by atoms with Crippen molar-refractivity contribution in [2.24, 2.45) is 5.73 Å². The molecule has 1 aromatic carbocycles. The van der Waals surface area contributed by atoms with E-state index in [1.165, 1.54) is 35.6 Å². The molecule has 0 saturated carbocycles. The molecule has 116 valence electrons. The number of para-hydroxylation sites is 1. The van der Waals surface area contributed by atoms with Crippen LogP contribution in [0.15, 0.2) is 24.3 Å². The lowest BCUT2D eigenvalue weighted by Crippen LogP contribution is -2.49. The molecule has 0 bridgehead atoms. The molecule has 3 rings (SSSR count). The summed E-state index contributed by atoms with van der Waals surface area (Å²) in [6, 6.07) is 9.08. The molecule has 1 atom stereocenters. The molecular weight excluding hydrogens is 280 g/mol. The Kier molecular flexibility index (Phi) is 4.77. The molecule has 2 fully saturated rings. The normalized spacial score (nSPS) is 25.0. The SMILES string of the molecule is CN(c1ccccc1CN)C1CCOC2(CCSCC2)C1. The predicted octanol–water partition coefficient (Wildman–Crippen LogP) is 3.03. The molecule has 4 heteroatoms. The minimum absolute atomic E-state index is 0.139. The molecule has 0 amide bonds. The maximum absolute atomic E-state index is 6.21. The molecule has 21 heavy (non-hydrogen) atoms. The first-order chi connectivity index (χ1) is 10.2. The summed E-state index contributed by atoms with van der Waals surface area (Å²) in [6.45, 7) is 1.50. The van der Waals surface area contributed by atoms with Crippen LogP contribution >= 0.6 is 11.8 Å². The van der Waals surface area contributed by atoms with E-state index in [1.54, 1.807) is 0 Å². The number of hydrogen-bond acceptors (Lipinski definition) is 4. The van der Waals surface area contributed by atoms with Gasteiger partial charge in [0.2, 0.25) is 0 Å². The number of anilines is 1. The highest BCUT2D eigenvalue weighted by Gasteiger charge is 2.40. The average Bonchev–Trinajstić information content (AvgIpc) is 2.55. The zero-order valence-electron chi connectivity index (χ0n) is 12.9. The van der Waals surface area contributed by atoms with E-state index in [0.717, 1.165) is 19.4 Å². The number of ether oxygens (including phenoxy) is 1. The fraction of sp³-hybridized carbons (Fsp3) is 0.647. The highest BCUT2D eigenvalue weighted by Crippen LogP contribution is 2.39. The number of nitrogens with two attached hydrogens (primary N) is 1. The van der Waals surface area contributed by atoms with Gasteiger partial charge in [-0.3, -0.25) is 0 Å². The zero-order chi connectivity index (χ0) is 14.7. The molecule has 2 saturated heterocycles. The van der Waals surface area contributed by atoms with Crippen molar-refractivity contribution in [3.05, 3.63) is 29.8 Å². The van der Waals surface area contributed by atoms with Gasteiger partial charge in [-0.05, 0) is 48.8 Å². The van der Waals surface area contributed by atoms with Gasteiger partial charge in [-0.1, -0.05) is 18.2 Å². The van der Waals surface area contributed by atoms with Crippen LogP contribution in [-0.4, -0.2) is 36.8 Å². The molecule has 2 N–H and O–H groups in total. The van der Waals surface area contributed by atoms with Gasteiger partial charge in [0.1, 0.15) is 0 Å². The van der Waals surface area contributed by atoms with Gasteiger partial charge in [0.15, 0.2) is 0 Å². The van der Waals surface area contributed by atoms with Crippen LogP contribution in [0.2, 0.25) is 0 Å². The van der Waals surface area contributed by atoms with Crippen LogP contribution in [0.1, 0.15) is 31.2 Å². The smallest absolute Gasteiger partial charge is 0.0717 e. The van der Waals surface area contributed by atoms with E-state index < -0.39 is 0 Å². The number of benzene rings is 1. The quantitative estimate of drug-likeness (QED) is 0.931. The summed E-state index contributed by atoms with van der Waals surface area (Å²) in [6.07, 6.45) is 4.69. The molecule has 0 aliphatic carbocycles. The van der Waals surface area contributed by atoms with Gasteiger partial charge in [0, 0.05) is 31.9 Å². The summed E-state index contributed by atoms with van der Waals surface area (Å²) in [7, 11) is 2.22. The monoisotopic (exact) mass is 306 g/mol. The summed E-state index contributed by atoms with van der Waals surface area (Å²) in [5.41, 5.74) is 8.56. The van der Waals surface area contributed by atoms with E-state index >= 15 is 0 Å². The first kappa shape index (κ1) is 15.2. The Bertz CT molecular complexity index is 468. The minimum atomic E-state index is 0.139. The molecule has 1 unspecified atom stereocenters. The lowest BCUT2D eigenvalue weighted by Gasteiger charge is -2.46. The summed E-state index contributed by atoms with van der Waals surface area (Å²) < 4.78 is 6.21. The summed E-state index contributed by atoms with van der Waals surface area (Å²) in [5, 5.41) is 0. The largest absolute Gasteiger partial charge is 0.375 e. The first-order valence-corrected chi connectivity index (χ1v) is 9.12. The van der Waals surface area contributed by atoms with Gasteiger partial charge in [-0.2, -0.15) is 11.8 Å². The van der Waals surface area contributed by atoms with Crippen LogP contribution in [-0.2, 0) is 11.3 Å². The summed E-state index contributed by atoms with van der Waals surface area (Å²) >= 11 is 2.06. The molecule has 2 aliphatic rings. The van der Waals surface area contributed by atoms with Gasteiger partial charge in [-0.25, -0.2) is 0 Å². The fourth-order valence-electron chi connectivity index (χ4n) is 3.65. The second kappa shape index (κ2) is 6.59. The van der Waals surface area contributed by atoms with Crippen molar-refractivity contribution in [1.29, 1.82) is 0 Å². The third-order valence-corrected chi connectivity index (χ3v) is 6.00. The van der Waals surface area contributed by atoms with E-state index in [2.05, 4.69) is 48.0 Å². The first-order valence-electron chi connectivity index (χ1n) is 7.97. The Morgan fingerprint density at radius 2 is 2.10 bits per heavy atom. The molecule has 1 spiro atoms. The summed E-state index contributed by atoms with van der Waals surface area (Å²) in [4.78, 5) is 2.44. The molecule has 3 nitrogen and oxygen atoms in total. The van der Waals surface area contributed by atoms with E-state index in [0.29, 0.717) is 12.6 Å². The topological polar surface area (TPSA) is 38.5 Å². The van der Waals surface area contributed by atoms with Crippen LogP contribution in [0, 0.1) is 0 Å². The van der Waals surface area contributed by atoms with Crippen molar-refractivity contribution >= 4 is 17.4 Å². The Morgan fingerprint density at radius 3 is 2.86 bits per heavy atom. The molecule has 2 heterocycles. The van der Waals surface area contributed by atoms with Crippen molar-refractivity contribution in [2.45, 2.75) is 43.9 Å². The van der Waals surface area contributed by atoms with Crippen molar-refractivity contribution in [3.8, 4) is 0 Å². The zero-order valence-corrected chi connectivity index (χ0v) is 13.7. The predicted molar refractivity (Wildman–Crippen MR) is 91.0 cm³/mol. The molecule has 0 radical (unpaired) electrons. The molecule has 0 aromatic heterocycles. The molecule has 2 aliphatic heterocycles. The number of nitrogens with zero attached hydrogens (tertiary/aromatic N) is 1. The third-order valence-electron chi connectivity index (χ3n) is 5.01. The summed E-state index contributed by atoms with van der Waals surface area (Å²) in [5.74, 6) is 2.49. The van der Waals surface area contributed by atoms with E-state index in [4.69, 9.17) is 10.5 Å². The van der Waals surface area contributed by atoms with E-state index in [1.807, 2.05) is 0 Å². The number of hydrogen-bond donors (Lipinski definition) is 1. The van der Waals surface area contributed by atoms with Crippen molar-refractivity contribution in [3.63, 3.8) is 0 Å². The van der Waals surface area contributed by atoms with Gasteiger partial charge in [0.05, 0.1) is 5.60 Å². The standard InChI is InChI=1S/C17H26N2OS/c1-19(16-5-3-2-4-14(16)13-18)15-6-9-20-17(12-15)7-10-21-11-8-17/h2-5,15H,6-13,18H2,1H3. The highest BCUT2D eigenvalue weighted by atomic mass is 32.2. The van der Waals surface area contributed by atoms with Crippen LogP contribution < -0.4 is 10.6 Å². The lowest BCUT2D eigenvalue weighted by molar-refractivity contribution is -0.0892. The minimum Gasteiger partial charge on any atom is -0.375 e. The highest BCUT2D eigenvalue weighted by molar-refractivity contribution is 7.99. The Morgan fingerprint density at radius 1 is 1.33 bits per heavy atom. The van der Waals surface area contributed by atoms with Gasteiger partial charge < -0.3 is 15.4 Å². The maximum Gasteiger partial charge on any atom is 0.0717 e.